The maximum Gasteiger partial charge on any atom is 0.374 e. The van der Waals surface area contributed by atoms with Crippen molar-refractivity contribution >= 4 is 17.8 Å². The van der Waals surface area contributed by atoms with Crippen LogP contribution in [-0.2, 0) is 4.74 Å². The molecular weight excluding hydrogens is 282 g/mol. The summed E-state index contributed by atoms with van der Waals surface area (Å²) < 4.78 is 35.3. The van der Waals surface area contributed by atoms with Crippen molar-refractivity contribution in [3.05, 3.63) is 65.1 Å². The number of rotatable bonds is 4. The topological polar surface area (TPSA) is 56.5 Å². The molecule has 2 aromatic rings. The van der Waals surface area contributed by atoms with Gasteiger partial charge in [-0.25, -0.2) is 13.6 Å². The monoisotopic (exact) mass is 292 g/mol. The van der Waals surface area contributed by atoms with Crippen LogP contribution in [0.25, 0.3) is 6.08 Å². The molecule has 0 N–H and O–H groups in total. The highest BCUT2D eigenvalue weighted by atomic mass is 19.2. The maximum absolute atomic E-state index is 13.0. The van der Waals surface area contributed by atoms with Crippen molar-refractivity contribution in [2.45, 2.75) is 0 Å². The number of carbonyl (C=O) groups is 2. The zero-order chi connectivity index (χ0) is 15.4. The minimum atomic E-state index is -1.10. The first kappa shape index (κ1) is 14.6. The van der Waals surface area contributed by atoms with E-state index in [2.05, 4.69) is 4.74 Å². The van der Waals surface area contributed by atoms with Gasteiger partial charge in [0.2, 0.25) is 5.76 Å². The number of benzene rings is 1. The van der Waals surface area contributed by atoms with Crippen molar-refractivity contribution in [1.82, 2.24) is 0 Å². The molecule has 0 aliphatic rings. The van der Waals surface area contributed by atoms with E-state index in [4.69, 9.17) is 4.42 Å². The first-order chi connectivity index (χ1) is 10.0. The molecule has 0 bridgehead atoms. The maximum atomic E-state index is 13.0. The summed E-state index contributed by atoms with van der Waals surface area (Å²) >= 11 is 0. The Hall–Kier alpha value is -2.76. The molecule has 0 fully saturated rings. The predicted octanol–water partition coefficient (Wildman–Crippen LogP) is 3.24. The number of ketones is 1. The van der Waals surface area contributed by atoms with Crippen LogP contribution in [0.15, 0.2) is 41.0 Å². The molecule has 1 aromatic heterocycles. The molecule has 4 nitrogen and oxygen atoms in total. The molecule has 0 atom stereocenters. The summed E-state index contributed by atoms with van der Waals surface area (Å²) in [5.41, 5.74) is 0.339. The van der Waals surface area contributed by atoms with E-state index in [9.17, 15) is 18.4 Å². The van der Waals surface area contributed by atoms with Crippen LogP contribution in [-0.4, -0.2) is 18.9 Å². The van der Waals surface area contributed by atoms with Crippen molar-refractivity contribution in [3.8, 4) is 0 Å². The Morgan fingerprint density at radius 2 is 1.95 bits per heavy atom. The van der Waals surface area contributed by atoms with E-state index in [1.165, 1.54) is 31.6 Å². The SMILES string of the molecule is COC(=O)c1occc1/C=C/C(=O)c1ccc(F)c(F)c1. The molecule has 0 aliphatic carbocycles. The van der Waals surface area contributed by atoms with Crippen LogP contribution < -0.4 is 0 Å². The molecule has 1 aromatic carbocycles. The highest BCUT2D eigenvalue weighted by molar-refractivity contribution is 6.07. The van der Waals surface area contributed by atoms with Crippen molar-refractivity contribution in [2.24, 2.45) is 0 Å². The van der Waals surface area contributed by atoms with Gasteiger partial charge in [-0.1, -0.05) is 0 Å². The predicted molar refractivity (Wildman–Crippen MR) is 69.8 cm³/mol. The Bertz CT molecular complexity index is 716. The second kappa shape index (κ2) is 6.13. The lowest BCUT2D eigenvalue weighted by molar-refractivity contribution is 0.0564. The van der Waals surface area contributed by atoms with Crippen LogP contribution >= 0.6 is 0 Å². The number of hydrogen-bond acceptors (Lipinski definition) is 4. The molecule has 0 radical (unpaired) electrons. The largest absolute Gasteiger partial charge is 0.463 e. The summed E-state index contributed by atoms with van der Waals surface area (Å²) in [6, 6.07) is 4.32. The highest BCUT2D eigenvalue weighted by Gasteiger charge is 2.14. The average molecular weight is 292 g/mol. The standard InChI is InChI=1S/C15H10F2O4/c1-20-15(19)14-9(6-7-21-14)3-5-13(18)10-2-4-11(16)12(17)8-10/h2-8H,1H3/b5-3+. The van der Waals surface area contributed by atoms with Crippen LogP contribution in [0.1, 0.15) is 26.5 Å². The van der Waals surface area contributed by atoms with Crippen LogP contribution in [0, 0.1) is 11.6 Å². The van der Waals surface area contributed by atoms with E-state index >= 15 is 0 Å². The number of ether oxygens (including phenoxy) is 1. The van der Waals surface area contributed by atoms with Gasteiger partial charge in [-0.15, -0.1) is 0 Å². The van der Waals surface area contributed by atoms with Gasteiger partial charge >= 0.3 is 5.97 Å². The minimum Gasteiger partial charge on any atom is -0.463 e. The number of methoxy groups -OCH3 is 1. The fraction of sp³-hybridized carbons (Fsp3) is 0.0667. The van der Waals surface area contributed by atoms with Crippen LogP contribution in [0.2, 0.25) is 0 Å². The molecule has 0 saturated heterocycles. The fourth-order valence-corrected chi connectivity index (χ4v) is 1.62. The Morgan fingerprint density at radius 1 is 1.19 bits per heavy atom. The van der Waals surface area contributed by atoms with E-state index in [0.717, 1.165) is 18.2 Å². The minimum absolute atomic E-state index is 0.00624. The van der Waals surface area contributed by atoms with Crippen molar-refractivity contribution in [3.63, 3.8) is 0 Å². The van der Waals surface area contributed by atoms with E-state index in [1.54, 1.807) is 0 Å². The number of furan rings is 1. The van der Waals surface area contributed by atoms with E-state index in [-0.39, 0.29) is 11.3 Å². The van der Waals surface area contributed by atoms with E-state index in [1.807, 2.05) is 0 Å². The zero-order valence-corrected chi connectivity index (χ0v) is 10.9. The first-order valence-electron chi connectivity index (χ1n) is 5.86. The Morgan fingerprint density at radius 3 is 2.62 bits per heavy atom. The van der Waals surface area contributed by atoms with Crippen LogP contribution in [0.5, 0.6) is 0 Å². The van der Waals surface area contributed by atoms with Gasteiger partial charge in [-0.05, 0) is 36.4 Å². The number of halogens is 2. The molecule has 0 spiro atoms. The molecule has 0 aliphatic heterocycles. The summed E-state index contributed by atoms with van der Waals surface area (Å²) in [5.74, 6) is -3.40. The van der Waals surface area contributed by atoms with Crippen molar-refractivity contribution in [1.29, 1.82) is 0 Å². The van der Waals surface area contributed by atoms with Crippen LogP contribution in [0.4, 0.5) is 8.78 Å². The lowest BCUT2D eigenvalue weighted by Gasteiger charge is -1.98. The molecule has 0 unspecified atom stereocenters. The Labute approximate surface area is 118 Å². The van der Waals surface area contributed by atoms with Gasteiger partial charge in [0.15, 0.2) is 17.4 Å². The molecule has 0 saturated carbocycles. The summed E-state index contributed by atoms with van der Waals surface area (Å²) in [6.07, 6.45) is 3.73. The van der Waals surface area contributed by atoms with Gasteiger partial charge in [0, 0.05) is 11.1 Å². The van der Waals surface area contributed by atoms with Gasteiger partial charge in [-0.2, -0.15) is 0 Å². The van der Waals surface area contributed by atoms with Gasteiger partial charge in [0.25, 0.3) is 0 Å². The summed E-state index contributed by atoms with van der Waals surface area (Å²) in [7, 11) is 1.20. The lowest BCUT2D eigenvalue weighted by atomic mass is 10.1. The highest BCUT2D eigenvalue weighted by Crippen LogP contribution is 2.15. The molecule has 21 heavy (non-hydrogen) atoms. The number of esters is 1. The fourth-order valence-electron chi connectivity index (χ4n) is 1.62. The smallest absolute Gasteiger partial charge is 0.374 e. The molecule has 6 heteroatoms. The first-order valence-corrected chi connectivity index (χ1v) is 5.86. The molecule has 0 amide bonds. The second-order valence-corrected chi connectivity index (χ2v) is 4.02. The molecule has 108 valence electrons. The van der Waals surface area contributed by atoms with E-state index < -0.39 is 23.4 Å². The summed E-state index contributed by atoms with van der Waals surface area (Å²) in [6.45, 7) is 0. The van der Waals surface area contributed by atoms with Gasteiger partial charge in [0.1, 0.15) is 0 Å². The third kappa shape index (κ3) is 3.22. The van der Waals surface area contributed by atoms with Gasteiger partial charge in [-0.3, -0.25) is 4.79 Å². The number of allylic oxidation sites excluding steroid dienone is 1. The summed E-state index contributed by atoms with van der Waals surface area (Å²) in [4.78, 5) is 23.2. The summed E-state index contributed by atoms with van der Waals surface area (Å²) in [5, 5.41) is 0. The van der Waals surface area contributed by atoms with E-state index in [0.29, 0.717) is 5.56 Å². The average Bonchev–Trinajstić information content (AvgIpc) is 2.95. The molecular formula is C15H10F2O4. The number of hydrogen-bond donors (Lipinski definition) is 0. The number of carbonyl (C=O) groups excluding carboxylic acids is 2. The van der Waals surface area contributed by atoms with Crippen molar-refractivity contribution in [2.75, 3.05) is 7.11 Å². The van der Waals surface area contributed by atoms with Gasteiger partial charge in [0.05, 0.1) is 13.4 Å². The second-order valence-electron chi connectivity index (χ2n) is 4.02. The quantitative estimate of drug-likeness (QED) is 0.493. The Balaban J connectivity index is 2.21. The van der Waals surface area contributed by atoms with Crippen molar-refractivity contribution < 1.29 is 27.5 Å². The third-order valence-electron chi connectivity index (χ3n) is 2.68. The lowest BCUT2D eigenvalue weighted by Crippen LogP contribution is -2.01. The van der Waals surface area contributed by atoms with Gasteiger partial charge < -0.3 is 9.15 Å². The normalized spacial score (nSPS) is 10.8. The molecule has 1 heterocycles. The molecule has 2 rings (SSSR count). The zero-order valence-electron chi connectivity index (χ0n) is 10.9. The Kier molecular flexibility index (Phi) is 4.27. The van der Waals surface area contributed by atoms with Crippen LogP contribution in [0.3, 0.4) is 0 Å². The third-order valence-corrected chi connectivity index (χ3v) is 2.68.